The Balaban J connectivity index is 4.65. The average molecular weight is 243 g/mol. The first-order valence-corrected chi connectivity index (χ1v) is 6.10. The number of nitrogens with zero attached hydrogens (tertiary/aromatic N) is 1. The number of hydrogen-bond acceptors (Lipinski definition) is 3. The molecule has 0 spiro atoms. The monoisotopic (exact) mass is 243 g/mol. The summed E-state index contributed by atoms with van der Waals surface area (Å²) in [4.78, 5) is 12.0. The highest BCUT2D eigenvalue weighted by molar-refractivity contribution is 6.05. The quantitative estimate of drug-likeness (QED) is 0.287. The van der Waals surface area contributed by atoms with Crippen molar-refractivity contribution >= 4 is 11.7 Å². The van der Waals surface area contributed by atoms with Crippen LogP contribution in [-0.4, -0.2) is 23.0 Å². The van der Waals surface area contributed by atoms with Crippen molar-refractivity contribution in [2.75, 3.05) is 0 Å². The van der Waals surface area contributed by atoms with Gasteiger partial charge in [-0.3, -0.25) is 4.79 Å². The summed E-state index contributed by atoms with van der Waals surface area (Å²) in [6.45, 7) is 9.46. The number of carbonyl (C=O) groups excluding carboxylic acids is 1. The van der Waals surface area contributed by atoms with Crippen LogP contribution in [0.4, 0.5) is 0 Å². The number of oxime groups is 1. The van der Waals surface area contributed by atoms with Crippen LogP contribution in [0, 0.1) is 11.3 Å². The Morgan fingerprint density at radius 1 is 1.41 bits per heavy atom. The second-order valence-corrected chi connectivity index (χ2v) is 4.95. The molecule has 0 saturated heterocycles. The Kier molecular flexibility index (Phi) is 5.99. The molecule has 0 saturated carbocycles. The van der Waals surface area contributed by atoms with E-state index in [4.69, 9.17) is 10.9 Å². The summed E-state index contributed by atoms with van der Waals surface area (Å²) < 4.78 is 0. The van der Waals surface area contributed by atoms with E-state index in [1.807, 2.05) is 6.92 Å². The number of amidine groups is 1. The molecule has 0 aromatic carbocycles. The molecule has 1 atom stereocenters. The molecule has 1 unspecified atom stereocenters. The zero-order chi connectivity index (χ0) is 13.6. The normalized spacial score (nSPS) is 14.8. The van der Waals surface area contributed by atoms with E-state index in [0.29, 0.717) is 5.92 Å². The highest BCUT2D eigenvalue weighted by Crippen LogP contribution is 2.18. The lowest BCUT2D eigenvalue weighted by molar-refractivity contribution is -0.127. The SMILES string of the molecule is CCC(CC)C(C)NC(=O)C(C)(C)C(N)=NO. The van der Waals surface area contributed by atoms with Crippen molar-refractivity contribution in [2.45, 2.75) is 53.5 Å². The maximum Gasteiger partial charge on any atom is 0.233 e. The minimum absolute atomic E-state index is 0.0771. The van der Waals surface area contributed by atoms with Gasteiger partial charge in [-0.1, -0.05) is 31.8 Å². The second kappa shape index (κ2) is 6.47. The molecule has 0 aromatic heterocycles. The van der Waals surface area contributed by atoms with Crippen LogP contribution in [0.1, 0.15) is 47.5 Å². The predicted octanol–water partition coefficient (Wildman–Crippen LogP) is 1.70. The smallest absolute Gasteiger partial charge is 0.233 e. The zero-order valence-electron chi connectivity index (χ0n) is 11.4. The van der Waals surface area contributed by atoms with E-state index in [-0.39, 0.29) is 17.8 Å². The van der Waals surface area contributed by atoms with Crippen molar-refractivity contribution in [3.8, 4) is 0 Å². The van der Waals surface area contributed by atoms with Crippen LogP contribution in [0.15, 0.2) is 5.16 Å². The van der Waals surface area contributed by atoms with Crippen molar-refractivity contribution in [1.82, 2.24) is 5.32 Å². The summed E-state index contributed by atoms with van der Waals surface area (Å²) in [5.74, 6) is 0.154. The maximum absolute atomic E-state index is 12.0. The molecule has 0 heterocycles. The Morgan fingerprint density at radius 2 is 1.88 bits per heavy atom. The minimum atomic E-state index is -0.991. The van der Waals surface area contributed by atoms with Gasteiger partial charge in [0.25, 0.3) is 0 Å². The maximum atomic E-state index is 12.0. The lowest BCUT2D eigenvalue weighted by atomic mass is 9.89. The molecule has 0 bridgehead atoms. The van der Waals surface area contributed by atoms with Crippen molar-refractivity contribution in [1.29, 1.82) is 0 Å². The molecule has 1 amide bonds. The molecule has 0 aliphatic carbocycles. The summed E-state index contributed by atoms with van der Waals surface area (Å²) in [6.07, 6.45) is 2.03. The molecule has 0 aliphatic rings. The number of rotatable bonds is 6. The van der Waals surface area contributed by atoms with Crippen molar-refractivity contribution in [3.63, 3.8) is 0 Å². The van der Waals surface area contributed by atoms with Gasteiger partial charge in [0.15, 0.2) is 5.84 Å². The zero-order valence-corrected chi connectivity index (χ0v) is 11.4. The highest BCUT2D eigenvalue weighted by atomic mass is 16.4. The summed E-state index contributed by atoms with van der Waals surface area (Å²) >= 11 is 0. The molecular weight excluding hydrogens is 218 g/mol. The topological polar surface area (TPSA) is 87.7 Å². The Hall–Kier alpha value is -1.26. The Bertz CT molecular complexity index is 283. The van der Waals surface area contributed by atoms with Crippen LogP contribution in [0.25, 0.3) is 0 Å². The van der Waals surface area contributed by atoms with E-state index >= 15 is 0 Å². The van der Waals surface area contributed by atoms with E-state index in [1.165, 1.54) is 0 Å². The predicted molar refractivity (Wildman–Crippen MR) is 68.9 cm³/mol. The van der Waals surface area contributed by atoms with E-state index in [0.717, 1.165) is 12.8 Å². The van der Waals surface area contributed by atoms with Gasteiger partial charge in [0, 0.05) is 6.04 Å². The Morgan fingerprint density at radius 3 is 2.24 bits per heavy atom. The fourth-order valence-corrected chi connectivity index (χ4v) is 1.74. The summed E-state index contributed by atoms with van der Waals surface area (Å²) in [7, 11) is 0. The standard InChI is InChI=1S/C12H25N3O2/c1-6-9(7-2)8(3)14-11(16)12(4,5)10(13)15-17/h8-9,17H,6-7H2,1-5H3,(H2,13,15)(H,14,16). The van der Waals surface area contributed by atoms with Crippen molar-refractivity contribution < 1.29 is 10.0 Å². The fraction of sp³-hybridized carbons (Fsp3) is 0.833. The molecule has 0 radical (unpaired) electrons. The van der Waals surface area contributed by atoms with Crippen LogP contribution < -0.4 is 11.1 Å². The number of hydrogen-bond donors (Lipinski definition) is 3. The third-order valence-electron chi connectivity index (χ3n) is 3.43. The van der Waals surface area contributed by atoms with Crippen LogP contribution in [0.2, 0.25) is 0 Å². The lowest BCUT2D eigenvalue weighted by Crippen LogP contribution is -2.50. The molecule has 5 heteroatoms. The van der Waals surface area contributed by atoms with Gasteiger partial charge in [-0.25, -0.2) is 0 Å². The van der Waals surface area contributed by atoms with Crippen molar-refractivity contribution in [2.24, 2.45) is 22.2 Å². The van der Waals surface area contributed by atoms with E-state index in [2.05, 4.69) is 24.3 Å². The molecule has 4 N–H and O–H groups in total. The summed E-state index contributed by atoms with van der Waals surface area (Å²) in [5.41, 5.74) is 4.52. The number of amides is 1. The average Bonchev–Trinajstić information content (AvgIpc) is 2.29. The van der Waals surface area contributed by atoms with Gasteiger partial charge in [0.05, 0.1) is 0 Å². The molecule has 17 heavy (non-hydrogen) atoms. The summed E-state index contributed by atoms with van der Waals surface area (Å²) in [6, 6.07) is 0.0864. The van der Waals surface area contributed by atoms with Crippen LogP contribution >= 0.6 is 0 Å². The first-order valence-electron chi connectivity index (χ1n) is 6.10. The van der Waals surface area contributed by atoms with Gasteiger partial charge in [0.2, 0.25) is 5.91 Å². The first-order chi connectivity index (χ1) is 7.81. The van der Waals surface area contributed by atoms with Gasteiger partial charge >= 0.3 is 0 Å². The van der Waals surface area contributed by atoms with Gasteiger partial charge in [-0.05, 0) is 26.7 Å². The molecule has 5 nitrogen and oxygen atoms in total. The highest BCUT2D eigenvalue weighted by Gasteiger charge is 2.34. The molecule has 100 valence electrons. The third-order valence-corrected chi connectivity index (χ3v) is 3.43. The van der Waals surface area contributed by atoms with Gasteiger partial charge < -0.3 is 16.3 Å². The largest absolute Gasteiger partial charge is 0.409 e. The van der Waals surface area contributed by atoms with Gasteiger partial charge in [0.1, 0.15) is 5.41 Å². The molecular formula is C12H25N3O2. The number of nitrogens with two attached hydrogens (primary N) is 1. The second-order valence-electron chi connectivity index (χ2n) is 4.95. The number of carbonyl (C=O) groups is 1. The van der Waals surface area contributed by atoms with Gasteiger partial charge in [-0.2, -0.15) is 0 Å². The molecule has 0 aromatic rings. The van der Waals surface area contributed by atoms with E-state index in [1.54, 1.807) is 13.8 Å². The fourth-order valence-electron chi connectivity index (χ4n) is 1.74. The van der Waals surface area contributed by atoms with E-state index in [9.17, 15) is 4.79 Å². The molecule has 0 aliphatic heterocycles. The lowest BCUT2D eigenvalue weighted by Gasteiger charge is -2.28. The van der Waals surface area contributed by atoms with Gasteiger partial charge in [-0.15, -0.1) is 0 Å². The van der Waals surface area contributed by atoms with E-state index < -0.39 is 5.41 Å². The minimum Gasteiger partial charge on any atom is -0.409 e. The van der Waals surface area contributed by atoms with Crippen LogP contribution in [-0.2, 0) is 4.79 Å². The van der Waals surface area contributed by atoms with Crippen LogP contribution in [0.3, 0.4) is 0 Å². The molecule has 0 fully saturated rings. The van der Waals surface area contributed by atoms with Crippen LogP contribution in [0.5, 0.6) is 0 Å². The summed E-state index contributed by atoms with van der Waals surface area (Å²) in [5, 5.41) is 14.5. The Labute approximate surface area is 103 Å². The third kappa shape index (κ3) is 3.91. The molecule has 0 rings (SSSR count). The van der Waals surface area contributed by atoms with Crippen molar-refractivity contribution in [3.05, 3.63) is 0 Å². The number of nitrogens with one attached hydrogen (secondary N) is 1. The first kappa shape index (κ1) is 15.7.